The molecule has 1 aliphatic rings. The van der Waals surface area contributed by atoms with Crippen LogP contribution < -0.4 is 10.2 Å². The first-order valence-corrected chi connectivity index (χ1v) is 10.0. The van der Waals surface area contributed by atoms with E-state index in [4.69, 9.17) is 4.74 Å². The summed E-state index contributed by atoms with van der Waals surface area (Å²) in [5.74, 6) is 1.21. The van der Waals surface area contributed by atoms with E-state index in [1.54, 1.807) is 12.5 Å². The van der Waals surface area contributed by atoms with Gasteiger partial charge in [0.15, 0.2) is 0 Å². The maximum absolute atomic E-state index is 5.48. The van der Waals surface area contributed by atoms with Crippen LogP contribution in [0.4, 0.5) is 17.5 Å². The molecule has 0 amide bonds. The summed E-state index contributed by atoms with van der Waals surface area (Å²) >= 11 is 0. The van der Waals surface area contributed by atoms with Gasteiger partial charge < -0.3 is 15.0 Å². The Balaban J connectivity index is 1.51. The number of hydrogen-bond acceptors (Lipinski definition) is 7. The van der Waals surface area contributed by atoms with Crippen LogP contribution in [-0.2, 0) is 4.74 Å². The second-order valence-electron chi connectivity index (χ2n) is 7.25. The zero-order valence-electron chi connectivity index (χ0n) is 16.7. The summed E-state index contributed by atoms with van der Waals surface area (Å²) in [6, 6.07) is 16.7. The molecule has 0 unspecified atom stereocenters. The second kappa shape index (κ2) is 8.04. The molecule has 5 rings (SSSR count). The first-order chi connectivity index (χ1) is 14.8. The van der Waals surface area contributed by atoms with E-state index in [9.17, 15) is 0 Å². The molecular weight excluding hydrogens is 376 g/mol. The maximum Gasteiger partial charge on any atom is 0.228 e. The van der Waals surface area contributed by atoms with Gasteiger partial charge >= 0.3 is 0 Å². The van der Waals surface area contributed by atoms with Gasteiger partial charge in [0.05, 0.1) is 18.7 Å². The molecule has 0 aliphatic carbocycles. The van der Waals surface area contributed by atoms with Crippen LogP contribution in [0.5, 0.6) is 0 Å². The van der Waals surface area contributed by atoms with E-state index in [0.29, 0.717) is 11.8 Å². The van der Waals surface area contributed by atoms with Crippen LogP contribution >= 0.6 is 0 Å². The molecule has 1 saturated heterocycles. The van der Waals surface area contributed by atoms with Crippen molar-refractivity contribution in [1.29, 1.82) is 0 Å². The largest absolute Gasteiger partial charge is 0.378 e. The van der Waals surface area contributed by atoms with Crippen LogP contribution in [0, 0.1) is 6.92 Å². The van der Waals surface area contributed by atoms with Gasteiger partial charge in [-0.25, -0.2) is 19.9 Å². The number of nitrogens with zero attached hydrogens (tertiary/aromatic N) is 5. The monoisotopic (exact) mass is 398 g/mol. The second-order valence-corrected chi connectivity index (χ2v) is 7.25. The average molecular weight is 398 g/mol. The topological polar surface area (TPSA) is 76.1 Å². The summed E-state index contributed by atoms with van der Waals surface area (Å²) in [7, 11) is 0. The van der Waals surface area contributed by atoms with Crippen LogP contribution in [0.3, 0.4) is 0 Å². The molecule has 7 nitrogen and oxygen atoms in total. The molecule has 1 fully saturated rings. The summed E-state index contributed by atoms with van der Waals surface area (Å²) in [5, 5.41) is 4.16. The number of hydrogen-bond donors (Lipinski definition) is 1. The van der Waals surface area contributed by atoms with Gasteiger partial charge in [-0.05, 0) is 48.4 Å². The molecule has 4 aromatic rings. The molecule has 0 radical (unpaired) electrons. The highest BCUT2D eigenvalue weighted by atomic mass is 16.5. The highest BCUT2D eigenvalue weighted by molar-refractivity contribution is 5.93. The number of rotatable bonds is 4. The van der Waals surface area contributed by atoms with Crippen molar-refractivity contribution >= 4 is 28.4 Å². The van der Waals surface area contributed by atoms with E-state index in [-0.39, 0.29) is 0 Å². The first-order valence-electron chi connectivity index (χ1n) is 10.0. The molecule has 2 aromatic heterocycles. The van der Waals surface area contributed by atoms with Crippen LogP contribution in [0.15, 0.2) is 61.1 Å². The number of nitrogens with one attached hydrogen (secondary N) is 1. The van der Waals surface area contributed by atoms with Crippen molar-refractivity contribution in [2.75, 3.05) is 36.5 Å². The molecular formula is C23H22N6O. The number of anilines is 3. The Bertz CT molecular complexity index is 1190. The molecule has 0 bridgehead atoms. The Morgan fingerprint density at radius 2 is 1.80 bits per heavy atom. The fourth-order valence-electron chi connectivity index (χ4n) is 3.65. The minimum Gasteiger partial charge on any atom is -0.378 e. The molecule has 0 saturated carbocycles. The molecule has 3 heterocycles. The van der Waals surface area contributed by atoms with Gasteiger partial charge in [-0.3, -0.25) is 0 Å². The third kappa shape index (κ3) is 3.79. The molecule has 1 N–H and O–H groups in total. The van der Waals surface area contributed by atoms with E-state index >= 15 is 0 Å². The van der Waals surface area contributed by atoms with Crippen molar-refractivity contribution in [1.82, 2.24) is 19.9 Å². The van der Waals surface area contributed by atoms with Crippen molar-refractivity contribution in [3.05, 3.63) is 66.7 Å². The summed E-state index contributed by atoms with van der Waals surface area (Å²) in [6.45, 7) is 5.31. The lowest BCUT2D eigenvalue weighted by Crippen LogP contribution is -2.36. The Morgan fingerprint density at radius 3 is 2.67 bits per heavy atom. The predicted molar refractivity (Wildman–Crippen MR) is 118 cm³/mol. The third-order valence-electron chi connectivity index (χ3n) is 5.22. The lowest BCUT2D eigenvalue weighted by Gasteiger charge is -2.29. The minimum atomic E-state index is 0.523. The van der Waals surface area contributed by atoms with Crippen molar-refractivity contribution < 1.29 is 4.74 Å². The molecule has 7 heteroatoms. The normalized spacial score (nSPS) is 14.1. The smallest absolute Gasteiger partial charge is 0.228 e. The Labute approximate surface area is 174 Å². The van der Waals surface area contributed by atoms with E-state index < -0.39 is 0 Å². The minimum absolute atomic E-state index is 0.523. The number of fused-ring (bicyclic) bond motifs is 1. The number of morpholine rings is 1. The molecule has 150 valence electrons. The highest BCUT2D eigenvalue weighted by Gasteiger charge is 2.13. The Kier molecular flexibility index (Phi) is 4.94. The molecule has 30 heavy (non-hydrogen) atoms. The van der Waals surface area contributed by atoms with E-state index in [1.165, 1.54) is 5.69 Å². The standard InChI is InChI=1S/C23H22N6O/c1-16-7-8-24-23(27-16)28-22-20-14-18(5-6-21(20)25-15-26-22)17-3-2-4-19(13-17)29-9-11-30-12-10-29/h2-8,13-15H,9-12H2,1H3,(H,24,25,26,27,28). The Morgan fingerprint density at radius 1 is 0.933 bits per heavy atom. The van der Waals surface area contributed by atoms with E-state index in [1.807, 2.05) is 19.1 Å². The van der Waals surface area contributed by atoms with Gasteiger partial charge in [-0.2, -0.15) is 0 Å². The van der Waals surface area contributed by atoms with Crippen molar-refractivity contribution in [3.8, 4) is 11.1 Å². The quantitative estimate of drug-likeness (QED) is 0.557. The molecule has 0 atom stereocenters. The Hall–Kier alpha value is -3.58. The lowest BCUT2D eigenvalue weighted by molar-refractivity contribution is 0.122. The number of benzene rings is 2. The van der Waals surface area contributed by atoms with Crippen molar-refractivity contribution in [3.63, 3.8) is 0 Å². The van der Waals surface area contributed by atoms with E-state index in [0.717, 1.165) is 54.0 Å². The molecule has 1 aliphatic heterocycles. The molecule has 2 aromatic carbocycles. The van der Waals surface area contributed by atoms with Gasteiger partial charge in [0.25, 0.3) is 0 Å². The average Bonchev–Trinajstić information content (AvgIpc) is 2.80. The number of aromatic nitrogens is 4. The van der Waals surface area contributed by atoms with Crippen LogP contribution in [0.1, 0.15) is 5.69 Å². The lowest BCUT2D eigenvalue weighted by atomic mass is 10.0. The molecule has 0 spiro atoms. The summed E-state index contributed by atoms with van der Waals surface area (Å²) < 4.78 is 5.48. The predicted octanol–water partition coefficient (Wildman–Crippen LogP) is 3.98. The van der Waals surface area contributed by atoms with E-state index in [2.05, 4.69) is 66.6 Å². The summed E-state index contributed by atoms with van der Waals surface area (Å²) in [4.78, 5) is 19.9. The third-order valence-corrected chi connectivity index (χ3v) is 5.22. The first kappa shape index (κ1) is 18.4. The fraction of sp³-hybridized carbons (Fsp3) is 0.217. The maximum atomic E-state index is 5.48. The van der Waals surface area contributed by atoms with Crippen molar-refractivity contribution in [2.24, 2.45) is 0 Å². The van der Waals surface area contributed by atoms with Gasteiger partial charge in [-0.15, -0.1) is 0 Å². The number of aryl methyl sites for hydroxylation is 1. The van der Waals surface area contributed by atoms with Gasteiger partial charge in [0.1, 0.15) is 12.1 Å². The van der Waals surface area contributed by atoms with Gasteiger partial charge in [0.2, 0.25) is 5.95 Å². The van der Waals surface area contributed by atoms with Crippen LogP contribution in [0.2, 0.25) is 0 Å². The van der Waals surface area contributed by atoms with Crippen LogP contribution in [-0.4, -0.2) is 46.2 Å². The SMILES string of the molecule is Cc1ccnc(Nc2ncnc3ccc(-c4cccc(N5CCOCC5)c4)cc23)n1. The van der Waals surface area contributed by atoms with Crippen LogP contribution in [0.25, 0.3) is 22.0 Å². The van der Waals surface area contributed by atoms with Gasteiger partial charge in [-0.1, -0.05) is 18.2 Å². The zero-order chi connectivity index (χ0) is 20.3. The summed E-state index contributed by atoms with van der Waals surface area (Å²) in [5.41, 5.74) is 5.24. The zero-order valence-corrected chi connectivity index (χ0v) is 16.7. The highest BCUT2D eigenvalue weighted by Crippen LogP contribution is 2.30. The number of ether oxygens (including phenoxy) is 1. The van der Waals surface area contributed by atoms with Crippen molar-refractivity contribution in [2.45, 2.75) is 6.92 Å². The summed E-state index contributed by atoms with van der Waals surface area (Å²) in [6.07, 6.45) is 3.29. The fourth-order valence-corrected chi connectivity index (χ4v) is 3.65. The van der Waals surface area contributed by atoms with Gasteiger partial charge in [0, 0.05) is 36.1 Å².